The highest BCUT2D eigenvalue weighted by molar-refractivity contribution is 7.62. The highest BCUT2D eigenvalue weighted by Gasteiger charge is 2.46. The van der Waals surface area contributed by atoms with E-state index in [1.54, 1.807) is 49.6 Å². The summed E-state index contributed by atoms with van der Waals surface area (Å²) < 4.78 is 35.4. The first-order valence-electron chi connectivity index (χ1n) is 23.2. The molecule has 0 bridgehead atoms. The standard InChI is InChI=1S/C48H57ClN9O10P/c1-65-39-29-32(16-17-35(39)52-48-50-30-34(49)44(54-48)51-36-12-7-8-14-40(36)69(64,66-2)67-3)55-22-20-31(21-23-55)56-24-26-57(27-25-56)42(60)15-6-4-5-9-28-68-38-13-10-11-33-43(38)47(63)58(46(33)62)37-18-19-41(59)53-45(37)61/h7-8,10-14,16-17,29-31,37H,4-6,9,15,18-28H2,1-3H3,(H,53,59,61)(H2,50,51,52,54). The molecule has 4 aliphatic heterocycles. The molecule has 3 saturated heterocycles. The molecule has 19 nitrogen and oxygen atoms in total. The van der Waals surface area contributed by atoms with E-state index in [0.717, 1.165) is 68.9 Å². The number of fused-ring (bicyclic) bond motifs is 1. The summed E-state index contributed by atoms with van der Waals surface area (Å²) in [5.41, 5.74) is 2.50. The number of benzene rings is 3. The third kappa shape index (κ3) is 11.0. The number of ether oxygens (including phenoxy) is 2. The number of carbonyl (C=O) groups excluding carboxylic acids is 5. The molecule has 3 aromatic carbocycles. The normalized spacial score (nSPS) is 18.0. The molecule has 69 heavy (non-hydrogen) atoms. The minimum absolute atomic E-state index is 0.0533. The molecule has 366 valence electrons. The lowest BCUT2D eigenvalue weighted by Gasteiger charge is -2.43. The van der Waals surface area contributed by atoms with Crippen molar-refractivity contribution in [1.29, 1.82) is 0 Å². The highest BCUT2D eigenvalue weighted by Crippen LogP contribution is 2.47. The number of halogens is 1. The predicted molar refractivity (Wildman–Crippen MR) is 259 cm³/mol. The number of hydrogen-bond donors (Lipinski definition) is 3. The van der Waals surface area contributed by atoms with Crippen molar-refractivity contribution in [3.8, 4) is 11.5 Å². The van der Waals surface area contributed by atoms with Gasteiger partial charge in [0.1, 0.15) is 22.6 Å². The van der Waals surface area contributed by atoms with Crippen molar-refractivity contribution in [3.05, 3.63) is 83.0 Å². The molecule has 0 saturated carbocycles. The van der Waals surface area contributed by atoms with Crippen LogP contribution < -0.4 is 35.6 Å². The monoisotopic (exact) mass is 985 g/mol. The van der Waals surface area contributed by atoms with Gasteiger partial charge in [-0.15, -0.1) is 0 Å². The van der Waals surface area contributed by atoms with E-state index in [-0.39, 0.29) is 40.8 Å². The van der Waals surface area contributed by atoms with Crippen LogP contribution in [0.15, 0.2) is 66.9 Å². The predicted octanol–water partition coefficient (Wildman–Crippen LogP) is 6.28. The number of aromatic nitrogens is 2. The number of imide groups is 2. The van der Waals surface area contributed by atoms with Crippen LogP contribution in [0.25, 0.3) is 0 Å². The molecule has 1 atom stereocenters. The van der Waals surface area contributed by atoms with Crippen LogP contribution in [0.3, 0.4) is 0 Å². The number of carbonyl (C=O) groups is 5. The van der Waals surface area contributed by atoms with Gasteiger partial charge in [-0.1, -0.05) is 42.6 Å². The van der Waals surface area contributed by atoms with Crippen molar-refractivity contribution in [1.82, 2.24) is 30.0 Å². The number of piperazine rings is 1. The van der Waals surface area contributed by atoms with Gasteiger partial charge in [-0.05, 0) is 68.5 Å². The van der Waals surface area contributed by atoms with Gasteiger partial charge in [0, 0.05) is 84.1 Å². The van der Waals surface area contributed by atoms with Crippen LogP contribution in [-0.4, -0.2) is 133 Å². The second-order valence-electron chi connectivity index (χ2n) is 17.2. The Morgan fingerprint density at radius 1 is 0.826 bits per heavy atom. The minimum Gasteiger partial charge on any atom is -0.494 e. The van der Waals surface area contributed by atoms with Crippen LogP contribution >= 0.6 is 19.2 Å². The second kappa shape index (κ2) is 22.1. The number of nitrogens with one attached hydrogen (secondary N) is 3. The molecule has 1 unspecified atom stereocenters. The van der Waals surface area contributed by atoms with E-state index in [0.29, 0.717) is 72.6 Å². The Kier molecular flexibility index (Phi) is 15.8. The molecule has 5 heterocycles. The van der Waals surface area contributed by atoms with Gasteiger partial charge in [-0.3, -0.25) is 43.7 Å². The molecule has 0 radical (unpaired) electrons. The smallest absolute Gasteiger partial charge is 0.362 e. The van der Waals surface area contributed by atoms with Crippen LogP contribution in [0.1, 0.15) is 78.5 Å². The lowest BCUT2D eigenvalue weighted by Crippen LogP contribution is -2.54. The maximum atomic E-state index is 13.3. The number of piperidine rings is 2. The summed E-state index contributed by atoms with van der Waals surface area (Å²) in [5, 5.41) is 9.19. The second-order valence-corrected chi connectivity index (χ2v) is 19.8. The molecule has 21 heteroatoms. The lowest BCUT2D eigenvalue weighted by atomic mass is 10.0. The quantitative estimate of drug-likeness (QED) is 0.0536. The fourth-order valence-electron chi connectivity index (χ4n) is 9.33. The van der Waals surface area contributed by atoms with Crippen molar-refractivity contribution in [2.75, 3.05) is 82.7 Å². The molecular formula is C48H57ClN9O10P. The van der Waals surface area contributed by atoms with E-state index in [1.807, 2.05) is 23.1 Å². The van der Waals surface area contributed by atoms with E-state index in [9.17, 15) is 28.5 Å². The van der Waals surface area contributed by atoms with Gasteiger partial charge in [0.15, 0.2) is 5.82 Å². The number of rotatable bonds is 19. The third-order valence-corrected chi connectivity index (χ3v) is 15.3. The average molecular weight is 986 g/mol. The highest BCUT2D eigenvalue weighted by atomic mass is 35.5. The first-order chi connectivity index (χ1) is 33.4. The van der Waals surface area contributed by atoms with Crippen LogP contribution in [-0.2, 0) is 28.0 Å². The fourth-order valence-corrected chi connectivity index (χ4v) is 10.7. The summed E-state index contributed by atoms with van der Waals surface area (Å²) in [6.07, 6.45) is 7.29. The Labute approximate surface area is 405 Å². The van der Waals surface area contributed by atoms with Crippen LogP contribution in [0.2, 0.25) is 5.02 Å². The lowest BCUT2D eigenvalue weighted by molar-refractivity contribution is -0.136. The van der Waals surface area contributed by atoms with Gasteiger partial charge < -0.3 is 39.0 Å². The SMILES string of the molecule is COc1cc(N2CCC(N3CCN(C(=O)CCCCCCOc4cccc5c4C(=O)N(C4CCC(=O)NC4=O)C5=O)CC3)CC2)ccc1Nc1ncc(Cl)c(Nc2ccccc2P(=O)(OC)OC)n1. The van der Waals surface area contributed by atoms with Crippen molar-refractivity contribution < 1.29 is 47.1 Å². The molecule has 3 N–H and O–H groups in total. The number of anilines is 5. The molecule has 1 aromatic heterocycles. The Balaban J connectivity index is 0.741. The first kappa shape index (κ1) is 49.3. The van der Waals surface area contributed by atoms with Crippen molar-refractivity contribution in [2.45, 2.75) is 69.9 Å². The largest absolute Gasteiger partial charge is 0.494 e. The summed E-state index contributed by atoms with van der Waals surface area (Å²) in [6, 6.07) is 17.1. The van der Waals surface area contributed by atoms with Gasteiger partial charge in [0.25, 0.3) is 11.8 Å². The van der Waals surface area contributed by atoms with Crippen molar-refractivity contribution in [2.24, 2.45) is 0 Å². The van der Waals surface area contributed by atoms with Gasteiger partial charge in [-0.2, -0.15) is 4.98 Å². The van der Waals surface area contributed by atoms with E-state index >= 15 is 0 Å². The molecule has 3 fully saturated rings. The molecule has 0 aliphatic carbocycles. The topological polar surface area (TPSA) is 214 Å². The summed E-state index contributed by atoms with van der Waals surface area (Å²) in [5.74, 6) is -0.580. The Morgan fingerprint density at radius 3 is 2.32 bits per heavy atom. The van der Waals surface area contributed by atoms with E-state index in [1.165, 1.54) is 20.4 Å². The van der Waals surface area contributed by atoms with Gasteiger partial charge in [0.2, 0.25) is 23.7 Å². The molecule has 0 spiro atoms. The van der Waals surface area contributed by atoms with E-state index in [2.05, 4.69) is 35.7 Å². The maximum absolute atomic E-state index is 13.3. The summed E-state index contributed by atoms with van der Waals surface area (Å²) in [7, 11) is 0.691. The average Bonchev–Trinajstić information content (AvgIpc) is 3.63. The summed E-state index contributed by atoms with van der Waals surface area (Å²) in [4.78, 5) is 80.4. The van der Waals surface area contributed by atoms with Crippen molar-refractivity contribution >= 4 is 82.9 Å². The fraction of sp³-hybridized carbons (Fsp3) is 0.438. The number of hydrogen-bond acceptors (Lipinski definition) is 16. The minimum atomic E-state index is -3.58. The van der Waals surface area contributed by atoms with Crippen LogP contribution in [0, 0.1) is 0 Å². The van der Waals surface area contributed by atoms with Gasteiger partial charge in [-0.25, -0.2) is 4.98 Å². The molecule has 4 aromatic rings. The molecule has 4 aliphatic rings. The zero-order valence-electron chi connectivity index (χ0n) is 38.9. The Morgan fingerprint density at radius 2 is 1.58 bits per heavy atom. The third-order valence-electron chi connectivity index (χ3n) is 13.1. The molecule has 8 rings (SSSR count). The number of para-hydroxylation sites is 1. The van der Waals surface area contributed by atoms with Crippen molar-refractivity contribution in [3.63, 3.8) is 0 Å². The summed E-state index contributed by atoms with van der Waals surface area (Å²) in [6.45, 7) is 5.23. The van der Waals surface area contributed by atoms with Crippen LogP contribution in [0.5, 0.6) is 11.5 Å². The Bertz CT molecular complexity index is 2620. The van der Waals surface area contributed by atoms with Gasteiger partial charge in [0.05, 0.1) is 47.7 Å². The molecule has 5 amide bonds. The number of amides is 5. The van der Waals surface area contributed by atoms with Gasteiger partial charge >= 0.3 is 7.60 Å². The maximum Gasteiger partial charge on any atom is 0.362 e. The van der Waals surface area contributed by atoms with Crippen LogP contribution in [0.4, 0.5) is 28.8 Å². The Hall–Kier alpha value is -6.11. The first-order valence-corrected chi connectivity index (χ1v) is 25.1. The zero-order valence-corrected chi connectivity index (χ0v) is 40.6. The number of nitrogens with zero attached hydrogens (tertiary/aromatic N) is 6. The van der Waals surface area contributed by atoms with E-state index in [4.69, 9.17) is 30.1 Å². The van der Waals surface area contributed by atoms with E-state index < -0.39 is 37.3 Å². The zero-order chi connectivity index (χ0) is 48.7. The number of methoxy groups -OCH3 is 1. The number of unbranched alkanes of at least 4 members (excludes halogenated alkanes) is 3. The summed E-state index contributed by atoms with van der Waals surface area (Å²) >= 11 is 6.49. The molecular weight excluding hydrogens is 929 g/mol.